The second-order valence-corrected chi connectivity index (χ2v) is 6.81. The molecule has 114 valence electrons. The number of rotatable bonds is 8. The molecule has 0 aliphatic carbocycles. The average Bonchev–Trinajstić information content (AvgIpc) is 2.37. The average molecular weight is 269 g/mol. The Morgan fingerprint density at radius 3 is 2.32 bits per heavy atom. The van der Waals surface area contributed by atoms with Crippen molar-refractivity contribution in [2.45, 2.75) is 52.5 Å². The van der Waals surface area contributed by atoms with E-state index in [0.717, 1.165) is 19.1 Å². The Labute approximate surface area is 120 Å². The van der Waals surface area contributed by atoms with Gasteiger partial charge in [-0.05, 0) is 58.4 Å². The third kappa shape index (κ3) is 5.80. The van der Waals surface area contributed by atoms with Crippen LogP contribution in [0.2, 0.25) is 0 Å². The van der Waals surface area contributed by atoms with E-state index >= 15 is 0 Å². The molecule has 3 nitrogen and oxygen atoms in total. The monoisotopic (exact) mass is 269 g/mol. The van der Waals surface area contributed by atoms with Crippen LogP contribution in [0.15, 0.2) is 0 Å². The Hall–Kier alpha value is -0.120. The fourth-order valence-corrected chi connectivity index (χ4v) is 3.39. The van der Waals surface area contributed by atoms with Crippen LogP contribution in [0.4, 0.5) is 0 Å². The number of piperidine rings is 1. The molecule has 1 aliphatic heterocycles. The molecule has 1 atom stereocenters. The lowest BCUT2D eigenvalue weighted by Crippen LogP contribution is -2.48. The highest BCUT2D eigenvalue weighted by atomic mass is 15.2. The molecule has 0 aromatic heterocycles. The molecule has 1 fully saturated rings. The maximum absolute atomic E-state index is 3.56. The summed E-state index contributed by atoms with van der Waals surface area (Å²) in [6, 6.07) is 0.794. The first-order chi connectivity index (χ1) is 9.00. The molecule has 3 heteroatoms. The first-order valence-corrected chi connectivity index (χ1v) is 8.10. The standard InChI is InChI=1S/C16H35N3/c1-6-10-16(3,13-17-7-2)14-19-11-8-15(9-12-19)18(4)5/h15,17H,6-14H2,1-5H3. The summed E-state index contributed by atoms with van der Waals surface area (Å²) in [6.45, 7) is 13.0. The molecular formula is C16H35N3. The summed E-state index contributed by atoms with van der Waals surface area (Å²) in [6.07, 6.45) is 5.27. The number of nitrogens with one attached hydrogen (secondary N) is 1. The van der Waals surface area contributed by atoms with Crippen molar-refractivity contribution in [3.8, 4) is 0 Å². The van der Waals surface area contributed by atoms with Gasteiger partial charge < -0.3 is 15.1 Å². The van der Waals surface area contributed by atoms with Gasteiger partial charge in [0.15, 0.2) is 0 Å². The lowest BCUT2D eigenvalue weighted by Gasteiger charge is -2.40. The molecule has 0 aromatic carbocycles. The van der Waals surface area contributed by atoms with E-state index in [4.69, 9.17) is 0 Å². The minimum absolute atomic E-state index is 0.440. The van der Waals surface area contributed by atoms with Crippen LogP contribution in [-0.2, 0) is 0 Å². The van der Waals surface area contributed by atoms with E-state index in [1.807, 2.05) is 0 Å². The summed E-state index contributed by atoms with van der Waals surface area (Å²) in [5, 5.41) is 3.56. The summed E-state index contributed by atoms with van der Waals surface area (Å²) in [5.74, 6) is 0. The van der Waals surface area contributed by atoms with Gasteiger partial charge in [-0.1, -0.05) is 27.2 Å². The van der Waals surface area contributed by atoms with Crippen LogP contribution in [0.25, 0.3) is 0 Å². The molecule has 1 rings (SSSR count). The Bertz CT molecular complexity index is 234. The van der Waals surface area contributed by atoms with E-state index in [9.17, 15) is 0 Å². The van der Waals surface area contributed by atoms with E-state index in [0.29, 0.717) is 5.41 Å². The molecular weight excluding hydrogens is 234 g/mol. The summed E-state index contributed by atoms with van der Waals surface area (Å²) in [7, 11) is 4.43. The van der Waals surface area contributed by atoms with Gasteiger partial charge in [0, 0.05) is 19.1 Å². The molecule has 1 heterocycles. The fourth-order valence-electron chi connectivity index (χ4n) is 3.39. The van der Waals surface area contributed by atoms with Gasteiger partial charge in [-0.3, -0.25) is 0 Å². The van der Waals surface area contributed by atoms with Gasteiger partial charge >= 0.3 is 0 Å². The van der Waals surface area contributed by atoms with Crippen molar-refractivity contribution in [1.82, 2.24) is 15.1 Å². The molecule has 0 radical (unpaired) electrons. The fraction of sp³-hybridized carbons (Fsp3) is 1.00. The second kappa shape index (κ2) is 8.23. The molecule has 0 aromatic rings. The molecule has 19 heavy (non-hydrogen) atoms. The highest BCUT2D eigenvalue weighted by molar-refractivity contribution is 4.84. The maximum atomic E-state index is 3.56. The number of likely N-dealkylation sites (tertiary alicyclic amines) is 1. The van der Waals surface area contributed by atoms with Crippen LogP contribution >= 0.6 is 0 Å². The van der Waals surface area contributed by atoms with Gasteiger partial charge in [-0.25, -0.2) is 0 Å². The summed E-state index contributed by atoms with van der Waals surface area (Å²) < 4.78 is 0. The van der Waals surface area contributed by atoms with Crippen molar-refractivity contribution >= 4 is 0 Å². The van der Waals surface area contributed by atoms with Crippen LogP contribution < -0.4 is 5.32 Å². The van der Waals surface area contributed by atoms with Crippen LogP contribution in [-0.4, -0.2) is 62.7 Å². The maximum Gasteiger partial charge on any atom is 0.0113 e. The normalized spacial score (nSPS) is 21.8. The third-order valence-corrected chi connectivity index (χ3v) is 4.55. The number of nitrogens with zero attached hydrogens (tertiary/aromatic N) is 2. The van der Waals surface area contributed by atoms with Gasteiger partial charge in [-0.15, -0.1) is 0 Å². The van der Waals surface area contributed by atoms with E-state index < -0.39 is 0 Å². The highest BCUT2D eigenvalue weighted by Gasteiger charge is 2.28. The summed E-state index contributed by atoms with van der Waals surface area (Å²) >= 11 is 0. The Morgan fingerprint density at radius 2 is 1.84 bits per heavy atom. The molecule has 0 bridgehead atoms. The molecule has 0 spiro atoms. The van der Waals surface area contributed by atoms with Crippen molar-refractivity contribution in [2.75, 3.05) is 46.8 Å². The lowest BCUT2D eigenvalue weighted by atomic mass is 9.84. The molecule has 1 unspecified atom stereocenters. The quantitative estimate of drug-likeness (QED) is 0.730. The van der Waals surface area contributed by atoms with Crippen LogP contribution in [0.3, 0.4) is 0 Å². The van der Waals surface area contributed by atoms with E-state index in [1.165, 1.54) is 45.3 Å². The predicted molar refractivity (Wildman–Crippen MR) is 84.7 cm³/mol. The Balaban J connectivity index is 2.42. The molecule has 1 saturated heterocycles. The SMILES string of the molecule is CCCC(C)(CNCC)CN1CCC(N(C)C)CC1. The van der Waals surface area contributed by atoms with Gasteiger partial charge in [0.25, 0.3) is 0 Å². The van der Waals surface area contributed by atoms with Crippen molar-refractivity contribution in [2.24, 2.45) is 5.41 Å². The van der Waals surface area contributed by atoms with Crippen LogP contribution in [0, 0.1) is 5.41 Å². The van der Waals surface area contributed by atoms with Gasteiger partial charge in [0.2, 0.25) is 0 Å². The first kappa shape index (κ1) is 16.9. The van der Waals surface area contributed by atoms with Gasteiger partial charge in [0.1, 0.15) is 0 Å². The third-order valence-electron chi connectivity index (χ3n) is 4.55. The smallest absolute Gasteiger partial charge is 0.0113 e. The Kier molecular flexibility index (Phi) is 7.33. The van der Waals surface area contributed by atoms with Crippen molar-refractivity contribution in [3.63, 3.8) is 0 Å². The van der Waals surface area contributed by atoms with Crippen LogP contribution in [0.5, 0.6) is 0 Å². The van der Waals surface area contributed by atoms with Crippen molar-refractivity contribution < 1.29 is 0 Å². The second-order valence-electron chi connectivity index (χ2n) is 6.81. The summed E-state index contributed by atoms with van der Waals surface area (Å²) in [5.41, 5.74) is 0.440. The molecule has 0 saturated carbocycles. The number of hydrogen-bond donors (Lipinski definition) is 1. The summed E-state index contributed by atoms with van der Waals surface area (Å²) in [4.78, 5) is 5.08. The van der Waals surface area contributed by atoms with E-state index in [2.05, 4.69) is 50.0 Å². The van der Waals surface area contributed by atoms with Crippen molar-refractivity contribution in [1.29, 1.82) is 0 Å². The lowest BCUT2D eigenvalue weighted by molar-refractivity contribution is 0.0956. The van der Waals surface area contributed by atoms with Crippen LogP contribution in [0.1, 0.15) is 46.5 Å². The van der Waals surface area contributed by atoms with Crippen molar-refractivity contribution in [3.05, 3.63) is 0 Å². The van der Waals surface area contributed by atoms with E-state index in [-0.39, 0.29) is 0 Å². The predicted octanol–water partition coefficient (Wildman–Crippen LogP) is 2.43. The minimum Gasteiger partial charge on any atom is -0.316 e. The molecule has 0 amide bonds. The highest BCUT2D eigenvalue weighted by Crippen LogP contribution is 2.26. The first-order valence-electron chi connectivity index (χ1n) is 8.10. The molecule has 1 N–H and O–H groups in total. The number of hydrogen-bond acceptors (Lipinski definition) is 3. The van der Waals surface area contributed by atoms with Gasteiger partial charge in [0.05, 0.1) is 0 Å². The largest absolute Gasteiger partial charge is 0.316 e. The zero-order chi connectivity index (χ0) is 14.3. The topological polar surface area (TPSA) is 18.5 Å². The minimum atomic E-state index is 0.440. The van der Waals surface area contributed by atoms with E-state index in [1.54, 1.807) is 0 Å². The molecule has 1 aliphatic rings. The van der Waals surface area contributed by atoms with Gasteiger partial charge in [-0.2, -0.15) is 0 Å². The zero-order valence-corrected chi connectivity index (χ0v) is 13.8. The zero-order valence-electron chi connectivity index (χ0n) is 13.8. The Morgan fingerprint density at radius 1 is 1.21 bits per heavy atom.